The zero-order valence-electron chi connectivity index (χ0n) is 16.0. The Bertz CT molecular complexity index is 802. The van der Waals surface area contributed by atoms with E-state index in [1.807, 2.05) is 48.5 Å². The lowest BCUT2D eigenvalue weighted by molar-refractivity contribution is -0.119. The normalized spacial score (nSPS) is 14.2. The van der Waals surface area contributed by atoms with Gasteiger partial charge in [-0.05, 0) is 54.8 Å². The van der Waals surface area contributed by atoms with Crippen LogP contribution in [0.15, 0.2) is 53.5 Å². The largest absolute Gasteiger partial charge is 0.497 e. The van der Waals surface area contributed by atoms with Crippen molar-refractivity contribution in [2.24, 2.45) is 16.6 Å². The lowest BCUT2D eigenvalue weighted by atomic mass is 10.1. The predicted molar refractivity (Wildman–Crippen MR) is 124 cm³/mol. The number of ether oxygens (including phenoxy) is 1. The summed E-state index contributed by atoms with van der Waals surface area (Å²) in [6.07, 6.45) is 4.27. The Morgan fingerprint density at radius 2 is 1.82 bits per heavy atom. The average molecular weight is 494 g/mol. The molecule has 28 heavy (non-hydrogen) atoms. The topological polar surface area (TPSA) is 88.7 Å². The molecule has 0 radical (unpaired) electrons. The maximum absolute atomic E-state index is 12.3. The highest BCUT2D eigenvalue weighted by Gasteiger charge is 2.22. The van der Waals surface area contributed by atoms with Crippen molar-refractivity contribution in [1.29, 1.82) is 0 Å². The Morgan fingerprint density at radius 3 is 2.50 bits per heavy atom. The summed E-state index contributed by atoms with van der Waals surface area (Å²) >= 11 is 0. The average Bonchev–Trinajstić information content (AvgIpc) is 3.22. The monoisotopic (exact) mass is 494 g/mol. The van der Waals surface area contributed by atoms with Gasteiger partial charge in [-0.3, -0.25) is 4.79 Å². The third-order valence-electron chi connectivity index (χ3n) is 4.71. The molecule has 3 rings (SSSR count). The van der Waals surface area contributed by atoms with E-state index in [0.717, 1.165) is 48.4 Å². The minimum Gasteiger partial charge on any atom is -0.497 e. The van der Waals surface area contributed by atoms with Crippen LogP contribution in [0.4, 0.5) is 11.4 Å². The van der Waals surface area contributed by atoms with E-state index in [4.69, 9.17) is 10.5 Å². The van der Waals surface area contributed by atoms with Gasteiger partial charge in [0.25, 0.3) is 0 Å². The summed E-state index contributed by atoms with van der Waals surface area (Å²) < 4.78 is 5.13. The van der Waals surface area contributed by atoms with E-state index < -0.39 is 0 Å². The van der Waals surface area contributed by atoms with Gasteiger partial charge >= 0.3 is 0 Å². The molecule has 0 heterocycles. The van der Waals surface area contributed by atoms with Crippen molar-refractivity contribution in [3.05, 3.63) is 54.1 Å². The van der Waals surface area contributed by atoms with Crippen molar-refractivity contribution in [1.82, 2.24) is 0 Å². The van der Waals surface area contributed by atoms with Gasteiger partial charge in [-0.25, -0.2) is 4.99 Å². The van der Waals surface area contributed by atoms with Crippen LogP contribution in [-0.4, -0.2) is 19.0 Å². The first-order valence-electron chi connectivity index (χ1n) is 9.25. The zero-order chi connectivity index (χ0) is 19.1. The van der Waals surface area contributed by atoms with E-state index in [9.17, 15) is 4.79 Å². The molecule has 0 bridgehead atoms. The molecular weight excluding hydrogens is 467 g/mol. The summed E-state index contributed by atoms with van der Waals surface area (Å²) in [5.74, 6) is 1.39. The van der Waals surface area contributed by atoms with Gasteiger partial charge in [0.2, 0.25) is 5.91 Å². The molecule has 0 unspecified atom stereocenters. The summed E-state index contributed by atoms with van der Waals surface area (Å²) in [5, 5.41) is 6.07. The molecule has 1 saturated carbocycles. The van der Waals surface area contributed by atoms with Crippen molar-refractivity contribution in [3.8, 4) is 5.75 Å². The minimum absolute atomic E-state index is 0. The second-order valence-corrected chi connectivity index (χ2v) is 6.73. The molecule has 1 aliphatic rings. The SMILES string of the molecule is COc1ccc(NC(N)=NCc2cccc(NC(=O)C3CCCC3)c2)cc1.I. The van der Waals surface area contributed by atoms with Crippen LogP contribution in [-0.2, 0) is 11.3 Å². The number of amides is 1. The molecule has 0 atom stereocenters. The number of methoxy groups -OCH3 is 1. The van der Waals surface area contributed by atoms with E-state index in [0.29, 0.717) is 12.5 Å². The van der Waals surface area contributed by atoms with Crippen molar-refractivity contribution < 1.29 is 9.53 Å². The van der Waals surface area contributed by atoms with E-state index in [1.54, 1.807) is 7.11 Å². The molecular formula is C21H27IN4O2. The van der Waals surface area contributed by atoms with Crippen LogP contribution in [0.2, 0.25) is 0 Å². The van der Waals surface area contributed by atoms with Crippen molar-refractivity contribution in [2.45, 2.75) is 32.2 Å². The molecule has 1 fully saturated rings. The van der Waals surface area contributed by atoms with Crippen LogP contribution in [0.25, 0.3) is 0 Å². The van der Waals surface area contributed by atoms with Crippen molar-refractivity contribution in [2.75, 3.05) is 17.7 Å². The first kappa shape index (κ1) is 22.0. The number of halogens is 1. The van der Waals surface area contributed by atoms with Crippen LogP contribution >= 0.6 is 24.0 Å². The highest BCUT2D eigenvalue weighted by molar-refractivity contribution is 14.0. The van der Waals surface area contributed by atoms with E-state index in [1.165, 1.54) is 0 Å². The number of rotatable bonds is 6. The molecule has 0 saturated heterocycles. The number of nitrogens with one attached hydrogen (secondary N) is 2. The minimum atomic E-state index is 0. The second-order valence-electron chi connectivity index (χ2n) is 6.73. The number of carbonyl (C=O) groups excluding carboxylic acids is 1. The first-order valence-corrected chi connectivity index (χ1v) is 9.25. The summed E-state index contributed by atoms with van der Waals surface area (Å²) in [6.45, 7) is 0.433. The molecule has 0 aliphatic heterocycles. The van der Waals surface area contributed by atoms with Crippen LogP contribution < -0.4 is 21.1 Å². The number of nitrogens with two attached hydrogens (primary N) is 1. The number of aliphatic imine (C=N–C) groups is 1. The molecule has 1 amide bonds. The molecule has 0 aromatic heterocycles. The Hall–Kier alpha value is -2.29. The first-order chi connectivity index (χ1) is 13.1. The predicted octanol–water partition coefficient (Wildman–Crippen LogP) is 4.37. The van der Waals surface area contributed by atoms with Crippen molar-refractivity contribution >= 4 is 47.2 Å². The molecule has 150 valence electrons. The summed E-state index contributed by atoms with van der Waals surface area (Å²) in [4.78, 5) is 16.6. The number of carbonyl (C=O) groups is 1. The Morgan fingerprint density at radius 1 is 1.11 bits per heavy atom. The van der Waals surface area contributed by atoms with Crippen LogP contribution in [0.5, 0.6) is 5.75 Å². The quantitative estimate of drug-likeness (QED) is 0.316. The summed E-state index contributed by atoms with van der Waals surface area (Å²) in [5.41, 5.74) is 8.60. The van der Waals surface area contributed by atoms with Crippen LogP contribution in [0.3, 0.4) is 0 Å². The fourth-order valence-electron chi connectivity index (χ4n) is 3.22. The number of nitrogens with zero attached hydrogens (tertiary/aromatic N) is 1. The van der Waals surface area contributed by atoms with Crippen molar-refractivity contribution in [3.63, 3.8) is 0 Å². The van der Waals surface area contributed by atoms with E-state index >= 15 is 0 Å². The third kappa shape index (κ3) is 6.40. The Labute approximate surface area is 183 Å². The number of guanidine groups is 1. The molecule has 4 N–H and O–H groups in total. The van der Waals surface area contributed by atoms with Gasteiger partial charge in [0.05, 0.1) is 13.7 Å². The number of benzene rings is 2. The van der Waals surface area contributed by atoms with Gasteiger partial charge in [0.1, 0.15) is 5.75 Å². The molecule has 2 aromatic carbocycles. The van der Waals surface area contributed by atoms with E-state index in [2.05, 4.69) is 15.6 Å². The maximum Gasteiger partial charge on any atom is 0.227 e. The Balaban J connectivity index is 0.00000280. The molecule has 1 aliphatic carbocycles. The fourth-order valence-corrected chi connectivity index (χ4v) is 3.22. The Kier molecular flexibility index (Phi) is 8.56. The van der Waals surface area contributed by atoms with Gasteiger partial charge in [-0.1, -0.05) is 25.0 Å². The van der Waals surface area contributed by atoms with Crippen LogP contribution in [0, 0.1) is 5.92 Å². The number of hydrogen-bond acceptors (Lipinski definition) is 3. The van der Waals surface area contributed by atoms with Gasteiger partial charge in [-0.2, -0.15) is 0 Å². The lowest BCUT2D eigenvalue weighted by Crippen LogP contribution is -2.22. The maximum atomic E-state index is 12.3. The van der Waals surface area contributed by atoms with E-state index in [-0.39, 0.29) is 35.8 Å². The zero-order valence-corrected chi connectivity index (χ0v) is 18.3. The standard InChI is InChI=1S/C21H26N4O2.HI/c1-27-19-11-9-17(10-12-19)25-21(22)23-14-15-5-4-8-18(13-15)24-20(26)16-6-2-3-7-16;/h4-5,8-13,16H,2-3,6-7,14H2,1H3,(H,24,26)(H3,22,23,25);1H. The smallest absolute Gasteiger partial charge is 0.227 e. The molecule has 6 nitrogen and oxygen atoms in total. The summed E-state index contributed by atoms with van der Waals surface area (Å²) in [6, 6.07) is 15.2. The lowest BCUT2D eigenvalue weighted by Gasteiger charge is -2.11. The van der Waals surface area contributed by atoms with Crippen LogP contribution in [0.1, 0.15) is 31.2 Å². The number of hydrogen-bond donors (Lipinski definition) is 3. The van der Waals surface area contributed by atoms with Gasteiger partial charge in [0.15, 0.2) is 5.96 Å². The van der Waals surface area contributed by atoms with Gasteiger partial charge < -0.3 is 21.1 Å². The number of anilines is 2. The molecule has 7 heteroatoms. The molecule has 0 spiro atoms. The third-order valence-corrected chi connectivity index (χ3v) is 4.71. The highest BCUT2D eigenvalue weighted by atomic mass is 127. The fraction of sp³-hybridized carbons (Fsp3) is 0.333. The molecule has 2 aromatic rings. The van der Waals surface area contributed by atoms with Gasteiger partial charge in [-0.15, -0.1) is 24.0 Å². The highest BCUT2D eigenvalue weighted by Crippen LogP contribution is 2.26. The second kappa shape index (κ2) is 10.9. The summed E-state index contributed by atoms with van der Waals surface area (Å²) in [7, 11) is 1.63. The van der Waals surface area contributed by atoms with Gasteiger partial charge in [0, 0.05) is 17.3 Å².